The fourth-order valence-corrected chi connectivity index (χ4v) is 3.31. The Kier molecular flexibility index (Phi) is 4.40. The van der Waals surface area contributed by atoms with E-state index < -0.39 is 0 Å². The second-order valence-corrected chi connectivity index (χ2v) is 6.26. The van der Waals surface area contributed by atoms with Crippen LogP contribution < -0.4 is 10.1 Å². The van der Waals surface area contributed by atoms with Crippen LogP contribution in [0, 0.1) is 6.92 Å². The predicted molar refractivity (Wildman–Crippen MR) is 84.6 cm³/mol. The van der Waals surface area contributed by atoms with Crippen LogP contribution in [0.15, 0.2) is 23.2 Å². The van der Waals surface area contributed by atoms with Crippen molar-refractivity contribution >= 4 is 22.6 Å². The molecule has 0 fully saturated rings. The van der Waals surface area contributed by atoms with E-state index in [2.05, 4.69) is 32.2 Å². The lowest BCUT2D eigenvalue weighted by Gasteiger charge is -2.29. The molecule has 0 aromatic heterocycles. The molecule has 1 unspecified atom stereocenters. The minimum atomic E-state index is 0.0924. The summed E-state index contributed by atoms with van der Waals surface area (Å²) in [6, 6.07) is 6.12. The summed E-state index contributed by atoms with van der Waals surface area (Å²) in [6.45, 7) is 6.48. The van der Waals surface area contributed by atoms with Crippen molar-refractivity contribution in [2.45, 2.75) is 39.2 Å². The summed E-state index contributed by atoms with van der Waals surface area (Å²) in [4.78, 5) is 4.84. The van der Waals surface area contributed by atoms with Crippen LogP contribution >= 0.6 is 11.8 Å². The lowest BCUT2D eigenvalue weighted by atomic mass is 9.97. The minimum Gasteiger partial charge on any atom is -0.496 e. The number of aliphatic imine (C=N–C) groups is 1. The van der Waals surface area contributed by atoms with Gasteiger partial charge in [-0.15, -0.1) is 0 Å². The highest BCUT2D eigenvalue weighted by atomic mass is 32.2. The Balaban J connectivity index is 2.15. The molecule has 19 heavy (non-hydrogen) atoms. The van der Waals surface area contributed by atoms with Crippen LogP contribution in [0.1, 0.15) is 32.3 Å². The van der Waals surface area contributed by atoms with Gasteiger partial charge in [0.2, 0.25) is 0 Å². The van der Waals surface area contributed by atoms with Gasteiger partial charge in [-0.1, -0.05) is 18.7 Å². The zero-order chi connectivity index (χ0) is 13.9. The van der Waals surface area contributed by atoms with Gasteiger partial charge in [0.25, 0.3) is 0 Å². The standard InChI is InChI=1S/C15H22N2OS/c1-5-15(3)8-9-19-14(17-15)16-12-6-7-13(18-4)11(2)10-12/h6-7,10H,5,8-9H2,1-4H3,(H,16,17). The van der Waals surface area contributed by atoms with E-state index in [-0.39, 0.29) is 5.54 Å². The van der Waals surface area contributed by atoms with Gasteiger partial charge in [-0.2, -0.15) is 0 Å². The molecule has 1 aromatic carbocycles. The number of hydrogen-bond donors (Lipinski definition) is 1. The van der Waals surface area contributed by atoms with Crippen LogP contribution in [0.3, 0.4) is 0 Å². The highest BCUT2D eigenvalue weighted by Crippen LogP contribution is 2.30. The van der Waals surface area contributed by atoms with E-state index in [1.165, 1.54) is 0 Å². The van der Waals surface area contributed by atoms with E-state index in [9.17, 15) is 0 Å². The van der Waals surface area contributed by atoms with Gasteiger partial charge >= 0.3 is 0 Å². The van der Waals surface area contributed by atoms with Gasteiger partial charge in [-0.05, 0) is 50.5 Å². The lowest BCUT2D eigenvalue weighted by molar-refractivity contribution is 0.412. The fraction of sp³-hybridized carbons (Fsp3) is 0.533. The molecule has 1 aromatic rings. The quantitative estimate of drug-likeness (QED) is 0.904. The molecule has 0 aliphatic carbocycles. The predicted octanol–water partition coefficient (Wildman–Crippen LogP) is 4.08. The third kappa shape index (κ3) is 3.44. The maximum Gasteiger partial charge on any atom is 0.161 e. The Labute approximate surface area is 119 Å². The first kappa shape index (κ1) is 14.3. The van der Waals surface area contributed by atoms with E-state index in [1.54, 1.807) is 18.9 Å². The number of aryl methyl sites for hydroxylation is 1. The molecule has 0 amide bonds. The molecule has 1 N–H and O–H groups in total. The van der Waals surface area contributed by atoms with Gasteiger partial charge < -0.3 is 10.1 Å². The molecule has 1 heterocycles. The van der Waals surface area contributed by atoms with Gasteiger partial charge in [0, 0.05) is 11.4 Å². The van der Waals surface area contributed by atoms with E-state index in [1.807, 2.05) is 12.1 Å². The van der Waals surface area contributed by atoms with Crippen LogP contribution in [-0.2, 0) is 0 Å². The molecule has 4 heteroatoms. The Bertz CT molecular complexity index is 487. The topological polar surface area (TPSA) is 33.6 Å². The molecule has 2 rings (SSSR count). The monoisotopic (exact) mass is 278 g/mol. The molecule has 3 nitrogen and oxygen atoms in total. The molecule has 1 atom stereocenters. The molecule has 0 saturated carbocycles. The summed E-state index contributed by atoms with van der Waals surface area (Å²) in [5, 5.41) is 4.45. The molecule has 1 aliphatic heterocycles. The van der Waals surface area contributed by atoms with Crippen molar-refractivity contribution in [2.24, 2.45) is 4.99 Å². The normalized spacial score (nSPS) is 22.8. The van der Waals surface area contributed by atoms with Gasteiger partial charge in [-0.25, -0.2) is 0 Å². The van der Waals surface area contributed by atoms with Crippen LogP contribution in [-0.4, -0.2) is 23.6 Å². The number of anilines is 1. The average molecular weight is 278 g/mol. The molecular weight excluding hydrogens is 256 g/mol. The lowest BCUT2D eigenvalue weighted by Crippen LogP contribution is -2.29. The number of nitrogens with zero attached hydrogens (tertiary/aromatic N) is 1. The number of thioether (sulfide) groups is 1. The number of benzene rings is 1. The zero-order valence-corrected chi connectivity index (χ0v) is 12.9. The van der Waals surface area contributed by atoms with Crippen molar-refractivity contribution in [2.75, 3.05) is 18.2 Å². The van der Waals surface area contributed by atoms with Crippen LogP contribution in [0.4, 0.5) is 5.69 Å². The summed E-state index contributed by atoms with van der Waals surface area (Å²) >= 11 is 1.80. The van der Waals surface area contributed by atoms with Crippen LogP contribution in [0.2, 0.25) is 0 Å². The van der Waals surface area contributed by atoms with Crippen LogP contribution in [0.25, 0.3) is 0 Å². The second-order valence-electron chi connectivity index (χ2n) is 5.18. The molecule has 0 saturated heterocycles. The zero-order valence-electron chi connectivity index (χ0n) is 12.1. The molecular formula is C15H22N2OS. The highest BCUT2D eigenvalue weighted by molar-refractivity contribution is 8.14. The number of rotatable bonds is 3. The summed E-state index contributed by atoms with van der Waals surface area (Å²) in [6.07, 6.45) is 2.24. The molecule has 0 spiro atoms. The van der Waals surface area contributed by atoms with Gasteiger partial charge in [0.15, 0.2) is 5.17 Å². The molecule has 0 radical (unpaired) electrons. The Morgan fingerprint density at radius 3 is 2.89 bits per heavy atom. The number of hydrogen-bond acceptors (Lipinski definition) is 4. The maximum atomic E-state index is 5.28. The smallest absolute Gasteiger partial charge is 0.161 e. The number of nitrogens with one attached hydrogen (secondary N) is 1. The first-order valence-electron chi connectivity index (χ1n) is 6.70. The van der Waals surface area contributed by atoms with Crippen molar-refractivity contribution in [3.8, 4) is 5.75 Å². The summed E-state index contributed by atoms with van der Waals surface area (Å²) in [7, 11) is 1.70. The summed E-state index contributed by atoms with van der Waals surface area (Å²) < 4.78 is 5.28. The van der Waals surface area contributed by atoms with Crippen molar-refractivity contribution < 1.29 is 4.74 Å². The first-order chi connectivity index (χ1) is 9.06. The Hall–Kier alpha value is -1.16. The van der Waals surface area contributed by atoms with Crippen LogP contribution in [0.5, 0.6) is 5.75 Å². The number of methoxy groups -OCH3 is 1. The molecule has 104 valence electrons. The molecule has 0 bridgehead atoms. The average Bonchev–Trinajstić information content (AvgIpc) is 2.39. The summed E-state index contributed by atoms with van der Waals surface area (Å²) in [5.74, 6) is 2.05. The Morgan fingerprint density at radius 1 is 1.47 bits per heavy atom. The van der Waals surface area contributed by atoms with Crippen molar-refractivity contribution in [3.63, 3.8) is 0 Å². The van der Waals surface area contributed by atoms with E-state index >= 15 is 0 Å². The first-order valence-corrected chi connectivity index (χ1v) is 7.69. The van der Waals surface area contributed by atoms with Crippen molar-refractivity contribution in [3.05, 3.63) is 23.8 Å². The van der Waals surface area contributed by atoms with E-state index in [4.69, 9.17) is 9.73 Å². The van der Waals surface area contributed by atoms with Gasteiger partial charge in [-0.3, -0.25) is 4.99 Å². The summed E-state index contributed by atoms with van der Waals surface area (Å²) in [5.41, 5.74) is 2.30. The van der Waals surface area contributed by atoms with Crippen molar-refractivity contribution in [1.82, 2.24) is 0 Å². The number of amidine groups is 1. The van der Waals surface area contributed by atoms with E-state index in [0.29, 0.717) is 0 Å². The third-order valence-electron chi connectivity index (χ3n) is 3.66. The second kappa shape index (κ2) is 5.87. The molecule has 1 aliphatic rings. The minimum absolute atomic E-state index is 0.0924. The van der Waals surface area contributed by atoms with E-state index in [0.717, 1.165) is 40.8 Å². The van der Waals surface area contributed by atoms with Gasteiger partial charge in [0.1, 0.15) is 5.75 Å². The maximum absolute atomic E-state index is 5.28. The fourth-order valence-electron chi connectivity index (χ4n) is 2.10. The van der Waals surface area contributed by atoms with Crippen molar-refractivity contribution in [1.29, 1.82) is 0 Å². The number of ether oxygens (including phenoxy) is 1. The third-order valence-corrected chi connectivity index (χ3v) is 4.53. The highest BCUT2D eigenvalue weighted by Gasteiger charge is 2.25. The SMILES string of the molecule is CCC1(C)CCSC(Nc2ccc(OC)c(C)c2)=N1. The largest absolute Gasteiger partial charge is 0.496 e. The Morgan fingerprint density at radius 2 is 2.26 bits per heavy atom. The van der Waals surface area contributed by atoms with Gasteiger partial charge in [0.05, 0.1) is 12.6 Å².